The summed E-state index contributed by atoms with van der Waals surface area (Å²) in [5, 5.41) is 3.11. The molecule has 0 saturated carbocycles. The molecule has 0 aliphatic carbocycles. The molecule has 0 atom stereocenters. The zero-order valence-corrected chi connectivity index (χ0v) is 17.4. The summed E-state index contributed by atoms with van der Waals surface area (Å²) in [7, 11) is 0. The molecule has 0 bridgehead atoms. The Balaban J connectivity index is 1.66. The molecular weight excluding hydrogens is 380 g/mol. The highest BCUT2D eigenvalue weighted by Crippen LogP contribution is 2.18. The molecule has 0 unspecified atom stereocenters. The van der Waals surface area contributed by atoms with Crippen molar-refractivity contribution in [3.8, 4) is 0 Å². The summed E-state index contributed by atoms with van der Waals surface area (Å²) < 4.78 is 5.36. The van der Waals surface area contributed by atoms with Crippen molar-refractivity contribution in [3.63, 3.8) is 0 Å². The van der Waals surface area contributed by atoms with Gasteiger partial charge in [0.1, 0.15) is 0 Å². The highest BCUT2D eigenvalue weighted by molar-refractivity contribution is 5.89. The highest BCUT2D eigenvalue weighted by atomic mass is 16.5. The third-order valence-corrected chi connectivity index (χ3v) is 4.65. The molecule has 8 nitrogen and oxygen atoms in total. The van der Waals surface area contributed by atoms with Gasteiger partial charge in [-0.15, -0.1) is 0 Å². The molecule has 3 rings (SSSR count). The number of aromatic nitrogens is 3. The average molecular weight is 406 g/mol. The maximum Gasteiger partial charge on any atom is 0.338 e. The number of carbonyl (C=O) groups is 1. The van der Waals surface area contributed by atoms with E-state index in [2.05, 4.69) is 39.0 Å². The number of esters is 1. The number of rotatable bonds is 8. The number of nitrogens with two attached hydrogens (primary N) is 1. The summed E-state index contributed by atoms with van der Waals surface area (Å²) in [6, 6.07) is 15.1. The van der Waals surface area contributed by atoms with Crippen LogP contribution in [0.2, 0.25) is 0 Å². The second-order valence-electron chi connectivity index (χ2n) is 6.67. The van der Waals surface area contributed by atoms with Crippen LogP contribution in [0.5, 0.6) is 0 Å². The molecule has 0 spiro atoms. The van der Waals surface area contributed by atoms with Crippen LogP contribution in [-0.4, -0.2) is 34.0 Å². The fraction of sp³-hybridized carbons (Fsp3) is 0.273. The first-order chi connectivity index (χ1) is 14.5. The normalized spacial score (nSPS) is 10.5. The van der Waals surface area contributed by atoms with E-state index in [1.54, 1.807) is 12.1 Å². The van der Waals surface area contributed by atoms with Crippen molar-refractivity contribution < 1.29 is 9.53 Å². The minimum Gasteiger partial charge on any atom is -0.454 e. The van der Waals surface area contributed by atoms with E-state index in [1.165, 1.54) is 0 Å². The number of aryl methyl sites for hydroxylation is 1. The second-order valence-corrected chi connectivity index (χ2v) is 6.67. The molecule has 0 aliphatic rings. The summed E-state index contributed by atoms with van der Waals surface area (Å²) in [6.45, 7) is 7.86. The van der Waals surface area contributed by atoms with Crippen LogP contribution >= 0.6 is 0 Å². The Morgan fingerprint density at radius 2 is 1.73 bits per heavy atom. The van der Waals surface area contributed by atoms with Gasteiger partial charge >= 0.3 is 5.97 Å². The van der Waals surface area contributed by atoms with E-state index in [1.807, 2.05) is 43.3 Å². The maximum absolute atomic E-state index is 12.4. The molecule has 0 amide bonds. The van der Waals surface area contributed by atoms with E-state index in [4.69, 9.17) is 10.5 Å². The summed E-state index contributed by atoms with van der Waals surface area (Å²) >= 11 is 0. The fourth-order valence-electron chi connectivity index (χ4n) is 3.00. The van der Waals surface area contributed by atoms with Crippen LogP contribution < -0.4 is 16.0 Å². The van der Waals surface area contributed by atoms with Gasteiger partial charge in [-0.25, -0.2) is 4.79 Å². The van der Waals surface area contributed by atoms with Crippen molar-refractivity contribution in [2.24, 2.45) is 0 Å². The maximum atomic E-state index is 12.4. The zero-order valence-electron chi connectivity index (χ0n) is 17.4. The Kier molecular flexibility index (Phi) is 6.79. The molecule has 3 N–H and O–H groups in total. The van der Waals surface area contributed by atoms with Crippen molar-refractivity contribution in [1.29, 1.82) is 0 Å². The van der Waals surface area contributed by atoms with Crippen molar-refractivity contribution in [2.75, 3.05) is 29.0 Å². The average Bonchev–Trinajstić information content (AvgIpc) is 2.75. The van der Waals surface area contributed by atoms with E-state index >= 15 is 0 Å². The number of hydrogen-bond donors (Lipinski definition) is 2. The van der Waals surface area contributed by atoms with Gasteiger partial charge in [0.25, 0.3) is 0 Å². The lowest BCUT2D eigenvalue weighted by atomic mass is 10.2. The first-order valence-corrected chi connectivity index (χ1v) is 9.85. The highest BCUT2D eigenvalue weighted by Gasteiger charge is 2.12. The first-order valence-electron chi connectivity index (χ1n) is 9.85. The lowest BCUT2D eigenvalue weighted by Crippen LogP contribution is -2.21. The lowest BCUT2D eigenvalue weighted by Gasteiger charge is -2.20. The van der Waals surface area contributed by atoms with Gasteiger partial charge in [0.2, 0.25) is 11.9 Å². The minimum atomic E-state index is -0.450. The standard InChI is InChI=1S/C22H26N6O2/c1-4-28(5-2)17-12-10-16(11-13-17)20(29)30-14-19-25-21(23)27-22(26-19)24-18-9-7-6-8-15(18)3/h6-13H,4-5,14H2,1-3H3,(H3,23,24,25,26,27). The van der Waals surface area contributed by atoms with E-state index in [9.17, 15) is 4.79 Å². The number of nitrogen functional groups attached to an aromatic ring is 1. The summed E-state index contributed by atoms with van der Waals surface area (Å²) in [6.07, 6.45) is 0. The minimum absolute atomic E-state index is 0.0516. The molecule has 156 valence electrons. The van der Waals surface area contributed by atoms with Crippen molar-refractivity contribution in [2.45, 2.75) is 27.4 Å². The zero-order chi connectivity index (χ0) is 21.5. The predicted molar refractivity (Wildman–Crippen MR) is 118 cm³/mol. The van der Waals surface area contributed by atoms with Crippen molar-refractivity contribution in [3.05, 3.63) is 65.5 Å². The molecular formula is C22H26N6O2. The number of para-hydroxylation sites is 1. The monoisotopic (exact) mass is 406 g/mol. The Labute approximate surface area is 176 Å². The molecule has 0 aliphatic heterocycles. The molecule has 2 aromatic carbocycles. The quantitative estimate of drug-likeness (QED) is 0.545. The van der Waals surface area contributed by atoms with Gasteiger partial charge in [-0.1, -0.05) is 18.2 Å². The topological polar surface area (TPSA) is 106 Å². The molecule has 0 fully saturated rings. The van der Waals surface area contributed by atoms with Crippen LogP contribution in [0.15, 0.2) is 48.5 Å². The van der Waals surface area contributed by atoms with Crippen LogP contribution in [0.1, 0.15) is 35.6 Å². The van der Waals surface area contributed by atoms with Gasteiger partial charge in [-0.05, 0) is 56.7 Å². The number of nitrogens with zero attached hydrogens (tertiary/aromatic N) is 4. The Morgan fingerprint density at radius 3 is 2.40 bits per heavy atom. The summed E-state index contributed by atoms with van der Waals surface area (Å²) in [5.41, 5.74) is 9.22. The summed E-state index contributed by atoms with van der Waals surface area (Å²) in [4.78, 5) is 27.0. The van der Waals surface area contributed by atoms with E-state index in [-0.39, 0.29) is 18.4 Å². The largest absolute Gasteiger partial charge is 0.454 e. The van der Waals surface area contributed by atoms with Gasteiger partial charge in [-0.3, -0.25) is 0 Å². The van der Waals surface area contributed by atoms with Gasteiger partial charge in [-0.2, -0.15) is 15.0 Å². The van der Waals surface area contributed by atoms with Crippen LogP contribution in [0.4, 0.5) is 23.3 Å². The smallest absolute Gasteiger partial charge is 0.338 e. The van der Waals surface area contributed by atoms with Crippen molar-refractivity contribution >= 4 is 29.2 Å². The van der Waals surface area contributed by atoms with E-state index in [0.29, 0.717) is 11.5 Å². The molecule has 1 heterocycles. The molecule has 0 saturated heterocycles. The Morgan fingerprint density at radius 1 is 1.03 bits per heavy atom. The molecule has 3 aromatic rings. The third-order valence-electron chi connectivity index (χ3n) is 4.65. The number of ether oxygens (including phenoxy) is 1. The van der Waals surface area contributed by atoms with Gasteiger partial charge < -0.3 is 20.7 Å². The molecule has 1 aromatic heterocycles. The van der Waals surface area contributed by atoms with E-state index < -0.39 is 5.97 Å². The fourth-order valence-corrected chi connectivity index (χ4v) is 3.00. The Hall–Kier alpha value is -3.68. The molecule has 30 heavy (non-hydrogen) atoms. The molecule has 8 heteroatoms. The van der Waals surface area contributed by atoms with Crippen LogP contribution in [0.3, 0.4) is 0 Å². The molecule has 0 radical (unpaired) electrons. The van der Waals surface area contributed by atoms with Gasteiger partial charge in [0, 0.05) is 24.5 Å². The van der Waals surface area contributed by atoms with Gasteiger partial charge in [0.15, 0.2) is 12.4 Å². The van der Waals surface area contributed by atoms with Gasteiger partial charge in [0.05, 0.1) is 5.56 Å². The van der Waals surface area contributed by atoms with Crippen LogP contribution in [0.25, 0.3) is 0 Å². The summed E-state index contributed by atoms with van der Waals surface area (Å²) in [5.74, 6) is 0.169. The number of anilines is 4. The SMILES string of the molecule is CCN(CC)c1ccc(C(=O)OCc2nc(N)nc(Nc3ccccc3C)n2)cc1. The van der Waals surface area contributed by atoms with Crippen LogP contribution in [0, 0.1) is 6.92 Å². The number of nitrogens with one attached hydrogen (secondary N) is 1. The number of carbonyl (C=O) groups excluding carboxylic acids is 1. The number of hydrogen-bond acceptors (Lipinski definition) is 8. The van der Waals surface area contributed by atoms with E-state index in [0.717, 1.165) is 30.0 Å². The first kappa shape index (κ1) is 21.0. The second kappa shape index (κ2) is 9.69. The predicted octanol–water partition coefficient (Wildman–Crippen LogP) is 3.71. The number of benzene rings is 2. The van der Waals surface area contributed by atoms with Crippen LogP contribution in [-0.2, 0) is 11.3 Å². The lowest BCUT2D eigenvalue weighted by molar-refractivity contribution is 0.0462. The Bertz CT molecular complexity index is 1000. The third kappa shape index (κ3) is 5.22. The van der Waals surface area contributed by atoms with Crippen molar-refractivity contribution in [1.82, 2.24) is 15.0 Å².